The van der Waals surface area contributed by atoms with Crippen LogP contribution in [0, 0.1) is 5.92 Å². The van der Waals surface area contributed by atoms with Gasteiger partial charge in [-0.2, -0.15) is 0 Å². The molecule has 1 saturated carbocycles. The highest BCUT2D eigenvalue weighted by Crippen LogP contribution is 2.26. The van der Waals surface area contributed by atoms with Crippen LogP contribution >= 0.6 is 0 Å². The molecule has 2 nitrogen and oxygen atoms in total. The SMILES string of the molecule is CCOCC(C)NCCCC1CCCCC1. The molecular weight excluding hydrogens is 198 g/mol. The van der Waals surface area contributed by atoms with Gasteiger partial charge in [-0.3, -0.25) is 0 Å². The van der Waals surface area contributed by atoms with Crippen molar-refractivity contribution in [3.63, 3.8) is 0 Å². The first-order chi connectivity index (χ1) is 7.83. The summed E-state index contributed by atoms with van der Waals surface area (Å²) in [5, 5.41) is 3.53. The summed E-state index contributed by atoms with van der Waals surface area (Å²) < 4.78 is 5.38. The van der Waals surface area contributed by atoms with Gasteiger partial charge in [-0.1, -0.05) is 32.1 Å². The normalized spacial score (nSPS) is 19.9. The largest absolute Gasteiger partial charge is 0.380 e. The molecule has 1 fully saturated rings. The van der Waals surface area contributed by atoms with Crippen molar-refractivity contribution >= 4 is 0 Å². The highest BCUT2D eigenvalue weighted by molar-refractivity contribution is 4.67. The molecule has 0 heterocycles. The molecule has 0 saturated heterocycles. The van der Waals surface area contributed by atoms with Gasteiger partial charge < -0.3 is 10.1 Å². The van der Waals surface area contributed by atoms with E-state index in [-0.39, 0.29) is 0 Å². The number of rotatable bonds is 8. The van der Waals surface area contributed by atoms with Crippen LogP contribution < -0.4 is 5.32 Å². The van der Waals surface area contributed by atoms with Crippen LogP contribution in [0.1, 0.15) is 58.8 Å². The molecule has 1 atom stereocenters. The van der Waals surface area contributed by atoms with E-state index in [0.717, 1.165) is 25.7 Å². The molecule has 0 amide bonds. The zero-order valence-corrected chi connectivity index (χ0v) is 11.1. The average Bonchev–Trinajstić information content (AvgIpc) is 2.33. The minimum absolute atomic E-state index is 0.506. The van der Waals surface area contributed by atoms with Crippen molar-refractivity contribution in [2.45, 2.75) is 64.8 Å². The van der Waals surface area contributed by atoms with Gasteiger partial charge in [0, 0.05) is 12.6 Å². The van der Waals surface area contributed by atoms with E-state index in [1.54, 1.807) is 0 Å². The molecule has 1 aliphatic carbocycles. The van der Waals surface area contributed by atoms with Gasteiger partial charge in [0.2, 0.25) is 0 Å². The number of hydrogen-bond acceptors (Lipinski definition) is 2. The molecule has 0 spiro atoms. The molecule has 0 aromatic rings. The van der Waals surface area contributed by atoms with Crippen molar-refractivity contribution in [2.24, 2.45) is 5.92 Å². The Balaban J connectivity index is 1.90. The molecule has 1 rings (SSSR count). The van der Waals surface area contributed by atoms with E-state index < -0.39 is 0 Å². The second-order valence-electron chi connectivity index (χ2n) is 5.16. The minimum Gasteiger partial charge on any atom is -0.380 e. The summed E-state index contributed by atoms with van der Waals surface area (Å²) >= 11 is 0. The van der Waals surface area contributed by atoms with E-state index in [1.165, 1.54) is 44.9 Å². The maximum Gasteiger partial charge on any atom is 0.0616 e. The van der Waals surface area contributed by atoms with Crippen molar-refractivity contribution in [2.75, 3.05) is 19.8 Å². The molecule has 0 aliphatic heterocycles. The van der Waals surface area contributed by atoms with Crippen LogP contribution in [0.4, 0.5) is 0 Å². The van der Waals surface area contributed by atoms with Crippen molar-refractivity contribution in [3.8, 4) is 0 Å². The smallest absolute Gasteiger partial charge is 0.0616 e. The minimum atomic E-state index is 0.506. The first-order valence-corrected chi connectivity index (χ1v) is 7.14. The van der Waals surface area contributed by atoms with Crippen LogP contribution in [0.15, 0.2) is 0 Å². The first-order valence-electron chi connectivity index (χ1n) is 7.14. The summed E-state index contributed by atoms with van der Waals surface area (Å²) in [5.41, 5.74) is 0. The predicted octanol–water partition coefficient (Wildman–Crippen LogP) is 3.36. The van der Waals surface area contributed by atoms with Crippen LogP contribution in [0.2, 0.25) is 0 Å². The lowest BCUT2D eigenvalue weighted by atomic mass is 9.86. The number of ether oxygens (including phenoxy) is 1. The van der Waals surface area contributed by atoms with E-state index in [1.807, 2.05) is 0 Å². The third kappa shape index (κ3) is 6.49. The zero-order valence-electron chi connectivity index (χ0n) is 11.1. The van der Waals surface area contributed by atoms with Gasteiger partial charge in [-0.25, -0.2) is 0 Å². The summed E-state index contributed by atoms with van der Waals surface area (Å²) in [4.78, 5) is 0. The Labute approximate surface area is 101 Å². The molecule has 96 valence electrons. The molecule has 0 aromatic heterocycles. The van der Waals surface area contributed by atoms with Crippen LogP contribution in [-0.4, -0.2) is 25.8 Å². The van der Waals surface area contributed by atoms with Gasteiger partial charge >= 0.3 is 0 Å². The lowest BCUT2D eigenvalue weighted by Gasteiger charge is -2.21. The summed E-state index contributed by atoms with van der Waals surface area (Å²) in [7, 11) is 0. The quantitative estimate of drug-likeness (QED) is 0.642. The van der Waals surface area contributed by atoms with Gasteiger partial charge in [-0.05, 0) is 39.2 Å². The maximum atomic E-state index is 5.38. The molecule has 0 aromatic carbocycles. The molecule has 0 radical (unpaired) electrons. The van der Waals surface area contributed by atoms with Crippen LogP contribution in [0.25, 0.3) is 0 Å². The van der Waals surface area contributed by atoms with Crippen molar-refractivity contribution in [1.29, 1.82) is 0 Å². The molecule has 2 heteroatoms. The highest BCUT2D eigenvalue weighted by atomic mass is 16.5. The number of hydrogen-bond donors (Lipinski definition) is 1. The van der Waals surface area contributed by atoms with Crippen LogP contribution in [0.3, 0.4) is 0 Å². The van der Waals surface area contributed by atoms with Crippen LogP contribution in [-0.2, 0) is 4.74 Å². The fraction of sp³-hybridized carbons (Fsp3) is 1.00. The van der Waals surface area contributed by atoms with Crippen molar-refractivity contribution in [3.05, 3.63) is 0 Å². The van der Waals surface area contributed by atoms with Crippen molar-refractivity contribution in [1.82, 2.24) is 5.32 Å². The van der Waals surface area contributed by atoms with E-state index in [0.29, 0.717) is 6.04 Å². The maximum absolute atomic E-state index is 5.38. The van der Waals surface area contributed by atoms with E-state index in [9.17, 15) is 0 Å². The van der Waals surface area contributed by atoms with Gasteiger partial charge in [0.05, 0.1) is 6.61 Å². The first kappa shape index (κ1) is 14.0. The van der Waals surface area contributed by atoms with Gasteiger partial charge in [-0.15, -0.1) is 0 Å². The van der Waals surface area contributed by atoms with Crippen LogP contribution in [0.5, 0.6) is 0 Å². The average molecular weight is 227 g/mol. The summed E-state index contributed by atoms with van der Waals surface area (Å²) in [6, 6.07) is 0.506. The van der Waals surface area contributed by atoms with E-state index >= 15 is 0 Å². The lowest BCUT2D eigenvalue weighted by Crippen LogP contribution is -2.31. The Hall–Kier alpha value is -0.0800. The van der Waals surface area contributed by atoms with Gasteiger partial charge in [0.1, 0.15) is 0 Å². The second-order valence-corrected chi connectivity index (χ2v) is 5.16. The topological polar surface area (TPSA) is 21.3 Å². The van der Waals surface area contributed by atoms with Crippen molar-refractivity contribution < 1.29 is 4.74 Å². The zero-order chi connectivity index (χ0) is 11.6. The summed E-state index contributed by atoms with van der Waals surface area (Å²) in [6.07, 6.45) is 10.1. The highest BCUT2D eigenvalue weighted by Gasteiger charge is 2.12. The van der Waals surface area contributed by atoms with E-state index in [4.69, 9.17) is 4.74 Å². The summed E-state index contributed by atoms with van der Waals surface area (Å²) in [6.45, 7) is 7.09. The molecule has 16 heavy (non-hydrogen) atoms. The number of nitrogens with one attached hydrogen (secondary N) is 1. The lowest BCUT2D eigenvalue weighted by molar-refractivity contribution is 0.127. The third-order valence-electron chi connectivity index (χ3n) is 3.58. The monoisotopic (exact) mass is 227 g/mol. The molecule has 1 N–H and O–H groups in total. The summed E-state index contributed by atoms with van der Waals surface area (Å²) in [5.74, 6) is 1.03. The Kier molecular flexibility index (Phi) is 7.87. The van der Waals surface area contributed by atoms with Gasteiger partial charge in [0.25, 0.3) is 0 Å². The Morgan fingerprint density at radius 2 is 2.00 bits per heavy atom. The second kappa shape index (κ2) is 9.00. The molecule has 1 aliphatic rings. The standard InChI is InChI=1S/C14H29NO/c1-3-16-12-13(2)15-11-7-10-14-8-5-4-6-9-14/h13-15H,3-12H2,1-2H3. The predicted molar refractivity (Wildman–Crippen MR) is 69.8 cm³/mol. The molecule has 1 unspecified atom stereocenters. The van der Waals surface area contributed by atoms with Gasteiger partial charge in [0.15, 0.2) is 0 Å². The Morgan fingerprint density at radius 1 is 1.25 bits per heavy atom. The Morgan fingerprint density at radius 3 is 2.69 bits per heavy atom. The van der Waals surface area contributed by atoms with E-state index in [2.05, 4.69) is 19.2 Å². The fourth-order valence-corrected chi connectivity index (χ4v) is 2.57. The third-order valence-corrected chi connectivity index (χ3v) is 3.58. The fourth-order valence-electron chi connectivity index (χ4n) is 2.57. The molecule has 0 bridgehead atoms. The molecular formula is C14H29NO. The Bertz CT molecular complexity index is 155.